The molecular weight excluding hydrogens is 334 g/mol. The maximum atomic E-state index is 12.5. The van der Waals surface area contributed by atoms with Crippen LogP contribution < -0.4 is 5.32 Å². The summed E-state index contributed by atoms with van der Waals surface area (Å²) < 4.78 is 23.3. The lowest BCUT2D eigenvalue weighted by atomic mass is 10.0. The molecule has 6 nitrogen and oxygen atoms in total. The van der Waals surface area contributed by atoms with Gasteiger partial charge in [0.2, 0.25) is 0 Å². The van der Waals surface area contributed by atoms with E-state index in [4.69, 9.17) is 0 Å². The standard InChI is InChI=1S/C15H17N3O3S2/c1-10-12(22-14(17-10)11-5-3-4-7-16-11)13(19)18-15(2)6-8-23(20,21)9-15/h3-5,7H,6,8-9H2,1-2H3,(H,18,19)/t15-/m1/s1. The van der Waals surface area contributed by atoms with Gasteiger partial charge >= 0.3 is 0 Å². The van der Waals surface area contributed by atoms with Gasteiger partial charge in [-0.15, -0.1) is 11.3 Å². The van der Waals surface area contributed by atoms with Crippen LogP contribution >= 0.6 is 11.3 Å². The van der Waals surface area contributed by atoms with E-state index in [9.17, 15) is 13.2 Å². The summed E-state index contributed by atoms with van der Waals surface area (Å²) in [6, 6.07) is 5.52. The second-order valence-corrected chi connectivity index (χ2v) is 9.19. The van der Waals surface area contributed by atoms with Gasteiger partial charge in [0.1, 0.15) is 9.88 Å². The zero-order valence-electron chi connectivity index (χ0n) is 12.9. The highest BCUT2D eigenvalue weighted by molar-refractivity contribution is 7.91. The third kappa shape index (κ3) is 3.42. The number of nitrogens with zero attached hydrogens (tertiary/aromatic N) is 2. The predicted molar refractivity (Wildman–Crippen MR) is 89.2 cm³/mol. The van der Waals surface area contributed by atoms with E-state index in [-0.39, 0.29) is 17.4 Å². The van der Waals surface area contributed by atoms with Crippen LogP contribution in [-0.2, 0) is 9.84 Å². The average Bonchev–Trinajstić information content (AvgIpc) is 3.00. The Morgan fingerprint density at radius 2 is 2.17 bits per heavy atom. The number of carbonyl (C=O) groups excluding carboxylic acids is 1. The van der Waals surface area contributed by atoms with E-state index in [1.165, 1.54) is 11.3 Å². The van der Waals surface area contributed by atoms with Crippen LogP contribution in [0.2, 0.25) is 0 Å². The molecule has 0 aromatic carbocycles. The normalized spacial score (nSPS) is 22.9. The van der Waals surface area contributed by atoms with Crippen molar-refractivity contribution in [3.05, 3.63) is 35.0 Å². The lowest BCUT2D eigenvalue weighted by Crippen LogP contribution is -2.46. The summed E-state index contributed by atoms with van der Waals surface area (Å²) in [5.74, 6) is -0.178. The van der Waals surface area contributed by atoms with E-state index in [0.717, 1.165) is 0 Å². The predicted octanol–water partition coefficient (Wildman–Crippen LogP) is 1.82. The van der Waals surface area contributed by atoms with E-state index >= 15 is 0 Å². The monoisotopic (exact) mass is 351 g/mol. The zero-order valence-corrected chi connectivity index (χ0v) is 14.5. The highest BCUT2D eigenvalue weighted by Gasteiger charge is 2.40. The van der Waals surface area contributed by atoms with Gasteiger partial charge in [-0.05, 0) is 32.4 Å². The van der Waals surface area contributed by atoms with E-state index in [2.05, 4.69) is 15.3 Å². The molecule has 0 aliphatic carbocycles. The summed E-state index contributed by atoms with van der Waals surface area (Å²) in [7, 11) is -3.07. The number of nitrogens with one attached hydrogen (secondary N) is 1. The first kappa shape index (κ1) is 16.1. The Hall–Kier alpha value is -1.80. The molecule has 3 heterocycles. The first-order valence-corrected chi connectivity index (χ1v) is 9.84. The Labute approximate surface area is 138 Å². The second-order valence-electron chi connectivity index (χ2n) is 6.01. The lowest BCUT2D eigenvalue weighted by molar-refractivity contribution is 0.0919. The van der Waals surface area contributed by atoms with Crippen LogP contribution in [0, 0.1) is 6.92 Å². The first-order valence-electron chi connectivity index (χ1n) is 7.20. The SMILES string of the molecule is Cc1nc(-c2ccccn2)sc1C(=O)N[C@]1(C)CCS(=O)(=O)C1. The van der Waals surface area contributed by atoms with Gasteiger partial charge in [-0.1, -0.05) is 6.07 Å². The molecule has 0 spiro atoms. The highest BCUT2D eigenvalue weighted by Crippen LogP contribution is 2.28. The molecule has 0 unspecified atom stereocenters. The summed E-state index contributed by atoms with van der Waals surface area (Å²) in [5, 5.41) is 3.54. The molecule has 1 N–H and O–H groups in total. The van der Waals surface area contributed by atoms with Gasteiger partial charge in [0, 0.05) is 6.20 Å². The van der Waals surface area contributed by atoms with Crippen LogP contribution in [0.25, 0.3) is 10.7 Å². The van der Waals surface area contributed by atoms with E-state index in [1.807, 2.05) is 18.2 Å². The van der Waals surface area contributed by atoms with Crippen molar-refractivity contribution in [1.29, 1.82) is 0 Å². The second kappa shape index (κ2) is 5.68. The molecule has 1 atom stereocenters. The number of rotatable bonds is 3. The molecule has 0 bridgehead atoms. The number of carbonyl (C=O) groups is 1. The smallest absolute Gasteiger partial charge is 0.263 e. The average molecular weight is 351 g/mol. The first-order chi connectivity index (χ1) is 10.8. The summed E-state index contributed by atoms with van der Waals surface area (Å²) in [6.07, 6.45) is 2.11. The van der Waals surface area contributed by atoms with Gasteiger partial charge in [0.25, 0.3) is 5.91 Å². The molecular formula is C15H17N3O3S2. The van der Waals surface area contributed by atoms with E-state index in [1.54, 1.807) is 20.0 Å². The Morgan fingerprint density at radius 3 is 2.78 bits per heavy atom. The Morgan fingerprint density at radius 1 is 1.39 bits per heavy atom. The maximum absolute atomic E-state index is 12.5. The number of aromatic nitrogens is 2. The minimum Gasteiger partial charge on any atom is -0.345 e. The quantitative estimate of drug-likeness (QED) is 0.911. The molecule has 0 radical (unpaired) electrons. The molecule has 8 heteroatoms. The van der Waals surface area contributed by atoms with Gasteiger partial charge in [-0.2, -0.15) is 0 Å². The molecule has 1 aliphatic rings. The van der Waals surface area contributed by atoms with Gasteiger partial charge in [-0.25, -0.2) is 13.4 Å². The fourth-order valence-electron chi connectivity index (χ4n) is 2.65. The minimum absolute atomic E-state index is 0.0172. The van der Waals surface area contributed by atoms with Crippen LogP contribution in [0.5, 0.6) is 0 Å². The number of pyridine rings is 1. The molecule has 1 amide bonds. The Balaban J connectivity index is 1.82. The van der Waals surface area contributed by atoms with Crippen LogP contribution in [-0.4, -0.2) is 41.3 Å². The number of aryl methyl sites for hydroxylation is 1. The van der Waals surface area contributed by atoms with E-state index in [0.29, 0.717) is 27.7 Å². The van der Waals surface area contributed by atoms with Gasteiger partial charge in [-0.3, -0.25) is 9.78 Å². The largest absolute Gasteiger partial charge is 0.345 e. The van der Waals surface area contributed by atoms with E-state index < -0.39 is 15.4 Å². The molecule has 0 saturated carbocycles. The van der Waals surface area contributed by atoms with Crippen molar-refractivity contribution < 1.29 is 13.2 Å². The van der Waals surface area contributed by atoms with Crippen molar-refractivity contribution in [2.24, 2.45) is 0 Å². The number of hydrogen-bond donors (Lipinski definition) is 1. The molecule has 23 heavy (non-hydrogen) atoms. The van der Waals surface area contributed by atoms with Crippen molar-refractivity contribution in [1.82, 2.24) is 15.3 Å². The Kier molecular flexibility index (Phi) is 3.97. The molecule has 1 saturated heterocycles. The number of sulfone groups is 1. The molecule has 2 aromatic heterocycles. The van der Waals surface area contributed by atoms with Crippen LogP contribution in [0.3, 0.4) is 0 Å². The highest BCUT2D eigenvalue weighted by atomic mass is 32.2. The summed E-state index contributed by atoms with van der Waals surface area (Å²) in [5.41, 5.74) is 0.629. The van der Waals surface area contributed by atoms with Gasteiger partial charge in [0.05, 0.1) is 28.4 Å². The lowest BCUT2D eigenvalue weighted by Gasteiger charge is -2.23. The minimum atomic E-state index is -3.07. The van der Waals surface area contributed by atoms with Crippen molar-refractivity contribution in [2.75, 3.05) is 11.5 Å². The molecule has 2 aromatic rings. The summed E-state index contributed by atoms with van der Waals surface area (Å²) in [4.78, 5) is 21.7. The molecule has 3 rings (SSSR count). The van der Waals surface area contributed by atoms with Gasteiger partial charge < -0.3 is 5.32 Å². The molecule has 1 fully saturated rings. The van der Waals surface area contributed by atoms with Crippen LogP contribution in [0.15, 0.2) is 24.4 Å². The van der Waals surface area contributed by atoms with Crippen molar-refractivity contribution in [3.8, 4) is 10.7 Å². The fraction of sp³-hybridized carbons (Fsp3) is 0.400. The summed E-state index contributed by atoms with van der Waals surface area (Å²) >= 11 is 1.27. The zero-order chi connectivity index (χ0) is 16.7. The molecule has 1 aliphatic heterocycles. The summed E-state index contributed by atoms with van der Waals surface area (Å²) in [6.45, 7) is 3.54. The van der Waals surface area contributed by atoms with Crippen LogP contribution in [0.1, 0.15) is 28.7 Å². The van der Waals surface area contributed by atoms with Crippen molar-refractivity contribution >= 4 is 27.1 Å². The topological polar surface area (TPSA) is 89.0 Å². The fourth-order valence-corrected chi connectivity index (χ4v) is 5.68. The maximum Gasteiger partial charge on any atom is 0.263 e. The number of amides is 1. The van der Waals surface area contributed by atoms with Crippen molar-refractivity contribution in [2.45, 2.75) is 25.8 Å². The molecule has 122 valence electrons. The van der Waals surface area contributed by atoms with Crippen molar-refractivity contribution in [3.63, 3.8) is 0 Å². The van der Waals surface area contributed by atoms with Gasteiger partial charge in [0.15, 0.2) is 9.84 Å². The Bertz CT molecular complexity index is 846. The third-order valence-corrected chi connectivity index (χ3v) is 6.89. The third-order valence-electron chi connectivity index (χ3n) is 3.81. The van der Waals surface area contributed by atoms with Crippen LogP contribution in [0.4, 0.5) is 0 Å². The number of thiazole rings is 1. The number of hydrogen-bond acceptors (Lipinski definition) is 6.